The molecule has 24 heavy (non-hydrogen) atoms. The average molecular weight is 326 g/mol. The van der Waals surface area contributed by atoms with Gasteiger partial charge in [-0.25, -0.2) is 4.98 Å². The summed E-state index contributed by atoms with van der Waals surface area (Å²) in [6.45, 7) is 4.01. The van der Waals surface area contributed by atoms with Gasteiger partial charge in [-0.3, -0.25) is 4.79 Å². The number of pyridine rings is 1. The highest BCUT2D eigenvalue weighted by molar-refractivity contribution is 5.94. The first-order valence-corrected chi connectivity index (χ1v) is 8.24. The summed E-state index contributed by atoms with van der Waals surface area (Å²) in [5, 5.41) is 12.8. The first-order chi connectivity index (χ1) is 11.6. The largest absolute Gasteiger partial charge is 0.437 e. The Morgan fingerprint density at radius 3 is 2.83 bits per heavy atom. The van der Waals surface area contributed by atoms with Crippen LogP contribution in [0.15, 0.2) is 36.5 Å². The number of aliphatic hydroxyl groups is 1. The smallest absolute Gasteiger partial charge is 0.243 e. The molecule has 0 spiro atoms. The number of benzene rings is 1. The van der Waals surface area contributed by atoms with Crippen LogP contribution in [-0.2, 0) is 4.79 Å². The lowest BCUT2D eigenvalue weighted by Crippen LogP contribution is -2.28. The summed E-state index contributed by atoms with van der Waals surface area (Å²) in [5.41, 5.74) is 2.68. The van der Waals surface area contributed by atoms with Crippen LogP contribution in [0.4, 0.5) is 5.69 Å². The van der Waals surface area contributed by atoms with Crippen molar-refractivity contribution in [3.05, 3.63) is 47.7 Å². The van der Waals surface area contributed by atoms with Crippen molar-refractivity contribution in [2.24, 2.45) is 5.92 Å². The van der Waals surface area contributed by atoms with Crippen LogP contribution in [0, 0.1) is 19.8 Å². The Bertz CT molecular complexity index is 745. The predicted molar refractivity (Wildman–Crippen MR) is 92.2 cm³/mol. The van der Waals surface area contributed by atoms with Crippen molar-refractivity contribution < 1.29 is 14.6 Å². The number of aryl methyl sites for hydroxylation is 1. The number of hydrogen-bond acceptors (Lipinski definition) is 4. The Hall–Kier alpha value is -2.40. The first kappa shape index (κ1) is 16.5. The molecule has 1 aliphatic rings. The van der Waals surface area contributed by atoms with Gasteiger partial charge in [0.2, 0.25) is 11.8 Å². The minimum Gasteiger partial charge on any atom is -0.437 e. The number of carbonyl (C=O) groups is 1. The van der Waals surface area contributed by atoms with E-state index in [0.29, 0.717) is 30.2 Å². The summed E-state index contributed by atoms with van der Waals surface area (Å²) in [4.78, 5) is 16.6. The Morgan fingerprint density at radius 1 is 1.25 bits per heavy atom. The number of ether oxygens (including phenoxy) is 1. The predicted octanol–water partition coefficient (Wildman–Crippen LogP) is 3.59. The fraction of sp³-hybridized carbons (Fsp3) is 0.368. The second kappa shape index (κ2) is 7.01. The van der Waals surface area contributed by atoms with Gasteiger partial charge in [0.05, 0.1) is 12.0 Å². The lowest BCUT2D eigenvalue weighted by molar-refractivity contribution is -0.122. The van der Waals surface area contributed by atoms with Crippen molar-refractivity contribution in [2.75, 3.05) is 5.32 Å². The molecule has 1 aliphatic carbocycles. The summed E-state index contributed by atoms with van der Waals surface area (Å²) in [7, 11) is 0. The van der Waals surface area contributed by atoms with Crippen LogP contribution in [0.1, 0.15) is 30.4 Å². The van der Waals surface area contributed by atoms with E-state index in [1.54, 1.807) is 18.3 Å². The van der Waals surface area contributed by atoms with Crippen LogP contribution in [0.3, 0.4) is 0 Å². The highest BCUT2D eigenvalue weighted by atomic mass is 16.5. The Morgan fingerprint density at radius 2 is 2.08 bits per heavy atom. The fourth-order valence-electron chi connectivity index (χ4n) is 2.98. The maximum Gasteiger partial charge on any atom is 0.243 e. The summed E-state index contributed by atoms with van der Waals surface area (Å²) < 4.78 is 5.92. The molecule has 2 aromatic rings. The second-order valence-electron chi connectivity index (χ2n) is 6.25. The summed E-state index contributed by atoms with van der Waals surface area (Å²) in [5.74, 6) is 0.523. The van der Waals surface area contributed by atoms with Gasteiger partial charge < -0.3 is 15.2 Å². The monoisotopic (exact) mass is 326 g/mol. The van der Waals surface area contributed by atoms with E-state index in [1.165, 1.54) is 0 Å². The molecular weight excluding hydrogens is 304 g/mol. The Kier molecular flexibility index (Phi) is 4.81. The van der Waals surface area contributed by atoms with Gasteiger partial charge in [-0.15, -0.1) is 0 Å². The quantitative estimate of drug-likeness (QED) is 0.900. The zero-order valence-electron chi connectivity index (χ0n) is 14.0. The number of hydrogen-bond donors (Lipinski definition) is 2. The van der Waals surface area contributed by atoms with Gasteiger partial charge in [-0.2, -0.15) is 0 Å². The molecule has 5 heteroatoms. The molecule has 1 aromatic heterocycles. The molecule has 1 amide bonds. The number of anilines is 1. The lowest BCUT2D eigenvalue weighted by atomic mass is 10.1. The van der Waals surface area contributed by atoms with Crippen molar-refractivity contribution in [3.63, 3.8) is 0 Å². The third-order valence-electron chi connectivity index (χ3n) is 4.61. The zero-order chi connectivity index (χ0) is 17.1. The maximum atomic E-state index is 12.4. The molecular formula is C19H22N2O3. The highest BCUT2D eigenvalue weighted by Gasteiger charge is 2.31. The van der Waals surface area contributed by atoms with Crippen molar-refractivity contribution in [1.82, 2.24) is 4.98 Å². The number of rotatable bonds is 4. The maximum absolute atomic E-state index is 12.4. The van der Waals surface area contributed by atoms with Gasteiger partial charge in [-0.05, 0) is 62.4 Å². The number of amides is 1. The van der Waals surface area contributed by atoms with E-state index in [2.05, 4.69) is 10.3 Å². The molecule has 0 saturated heterocycles. The van der Waals surface area contributed by atoms with Crippen LogP contribution in [0.5, 0.6) is 11.6 Å². The van der Waals surface area contributed by atoms with Crippen LogP contribution in [0.2, 0.25) is 0 Å². The lowest BCUT2D eigenvalue weighted by Gasteiger charge is -2.17. The van der Waals surface area contributed by atoms with Gasteiger partial charge in [0.1, 0.15) is 11.4 Å². The Labute approximate surface area is 141 Å². The third-order valence-corrected chi connectivity index (χ3v) is 4.61. The molecule has 0 aliphatic heterocycles. The van der Waals surface area contributed by atoms with E-state index >= 15 is 0 Å². The highest BCUT2D eigenvalue weighted by Crippen LogP contribution is 2.32. The zero-order valence-corrected chi connectivity index (χ0v) is 14.0. The molecule has 5 nitrogen and oxygen atoms in total. The summed E-state index contributed by atoms with van der Waals surface area (Å²) in [6, 6.07) is 9.32. The minimum atomic E-state index is -0.565. The molecule has 1 fully saturated rings. The summed E-state index contributed by atoms with van der Waals surface area (Å²) >= 11 is 0. The normalized spacial score (nSPS) is 20.0. The summed E-state index contributed by atoms with van der Waals surface area (Å²) in [6.07, 6.45) is 3.32. The fourth-order valence-corrected chi connectivity index (χ4v) is 2.98. The van der Waals surface area contributed by atoms with Gasteiger partial charge >= 0.3 is 0 Å². The van der Waals surface area contributed by atoms with Crippen molar-refractivity contribution >= 4 is 11.6 Å². The topological polar surface area (TPSA) is 71.5 Å². The Balaban J connectivity index is 1.80. The third kappa shape index (κ3) is 3.41. The van der Waals surface area contributed by atoms with Gasteiger partial charge in [0, 0.05) is 6.20 Å². The van der Waals surface area contributed by atoms with Gasteiger partial charge in [0.15, 0.2) is 0 Å². The molecule has 1 saturated carbocycles. The molecule has 2 unspecified atom stereocenters. The van der Waals surface area contributed by atoms with Crippen LogP contribution < -0.4 is 10.1 Å². The average Bonchev–Trinajstić information content (AvgIpc) is 3.00. The van der Waals surface area contributed by atoms with Crippen LogP contribution >= 0.6 is 0 Å². The van der Waals surface area contributed by atoms with Crippen molar-refractivity contribution in [2.45, 2.75) is 39.2 Å². The van der Waals surface area contributed by atoms with Crippen LogP contribution in [0.25, 0.3) is 0 Å². The van der Waals surface area contributed by atoms with E-state index in [4.69, 9.17) is 4.74 Å². The molecule has 2 atom stereocenters. The van der Waals surface area contributed by atoms with Gasteiger partial charge in [-0.1, -0.05) is 12.1 Å². The van der Waals surface area contributed by atoms with E-state index in [0.717, 1.165) is 17.5 Å². The minimum absolute atomic E-state index is 0.182. The van der Waals surface area contributed by atoms with E-state index < -0.39 is 6.10 Å². The number of aromatic nitrogens is 1. The van der Waals surface area contributed by atoms with Crippen molar-refractivity contribution in [3.8, 4) is 11.6 Å². The number of nitrogens with one attached hydrogen (secondary N) is 1. The molecule has 1 aromatic carbocycles. The molecule has 0 bridgehead atoms. The number of aliphatic hydroxyl groups excluding tert-OH is 1. The standard InChI is InChI=1S/C19H22N2O3/c1-12-6-3-10-17(13(12)2)24-19-15(8-5-11-20-19)21-18(23)14-7-4-9-16(14)22/h3,5-6,8,10-11,14,16,22H,4,7,9H2,1-2H3,(H,21,23). The van der Waals surface area contributed by atoms with E-state index in [-0.39, 0.29) is 11.8 Å². The molecule has 0 radical (unpaired) electrons. The van der Waals surface area contributed by atoms with Crippen molar-refractivity contribution in [1.29, 1.82) is 0 Å². The van der Waals surface area contributed by atoms with Crippen LogP contribution in [-0.4, -0.2) is 22.1 Å². The molecule has 1 heterocycles. The first-order valence-electron chi connectivity index (χ1n) is 8.24. The molecule has 126 valence electrons. The molecule has 2 N–H and O–H groups in total. The van der Waals surface area contributed by atoms with Gasteiger partial charge in [0.25, 0.3) is 0 Å². The molecule has 3 rings (SSSR count). The number of nitrogens with zero attached hydrogens (tertiary/aromatic N) is 1. The van der Waals surface area contributed by atoms with E-state index in [9.17, 15) is 9.90 Å². The SMILES string of the molecule is Cc1cccc(Oc2ncccc2NC(=O)C2CCCC2O)c1C. The number of carbonyl (C=O) groups excluding carboxylic acids is 1. The second-order valence-corrected chi connectivity index (χ2v) is 6.25. The van der Waals surface area contributed by atoms with E-state index in [1.807, 2.05) is 32.0 Å².